The van der Waals surface area contributed by atoms with Gasteiger partial charge in [0.25, 0.3) is 5.91 Å². The fraction of sp³-hybridized carbons (Fsp3) is 0.286. The molecule has 0 saturated carbocycles. The Kier molecular flexibility index (Phi) is 3.05. The number of aromatic nitrogens is 1. The van der Waals surface area contributed by atoms with E-state index in [2.05, 4.69) is 27.9 Å². The Bertz CT molecular complexity index is 619. The topological polar surface area (TPSA) is 67.2 Å². The molecule has 2 aromatic rings. The minimum absolute atomic E-state index is 0.155. The average Bonchev–Trinajstić information content (AvgIpc) is 3.03. The van der Waals surface area contributed by atoms with Crippen LogP contribution in [0.2, 0.25) is 0 Å². The zero-order valence-electron chi connectivity index (χ0n) is 10.7. The third-order valence-electron chi connectivity index (χ3n) is 3.35. The first-order chi connectivity index (χ1) is 9.24. The normalized spacial score (nSPS) is 13.3. The third-order valence-corrected chi connectivity index (χ3v) is 3.35. The van der Waals surface area contributed by atoms with Gasteiger partial charge in [0.1, 0.15) is 11.3 Å². The third kappa shape index (κ3) is 2.37. The summed E-state index contributed by atoms with van der Waals surface area (Å²) in [6, 6.07) is 6.30. The maximum absolute atomic E-state index is 11.9. The molecule has 1 amide bonds. The van der Waals surface area contributed by atoms with E-state index in [4.69, 9.17) is 4.52 Å². The monoisotopic (exact) mass is 257 g/mol. The number of aryl methyl sites for hydroxylation is 1. The largest absolute Gasteiger partial charge is 0.361 e. The van der Waals surface area contributed by atoms with Gasteiger partial charge in [-0.05, 0) is 23.6 Å². The van der Waals surface area contributed by atoms with Gasteiger partial charge in [-0.15, -0.1) is 0 Å². The van der Waals surface area contributed by atoms with Gasteiger partial charge in [0, 0.05) is 19.6 Å². The number of benzene rings is 1. The summed E-state index contributed by atoms with van der Waals surface area (Å²) in [7, 11) is 0. The fourth-order valence-corrected chi connectivity index (χ4v) is 2.25. The van der Waals surface area contributed by atoms with Crippen molar-refractivity contribution >= 4 is 5.91 Å². The molecular formula is C14H15N3O2. The molecule has 0 saturated heterocycles. The van der Waals surface area contributed by atoms with Gasteiger partial charge in [0.05, 0.1) is 6.20 Å². The van der Waals surface area contributed by atoms with Crippen molar-refractivity contribution in [3.8, 4) is 0 Å². The predicted molar refractivity (Wildman–Crippen MR) is 69.4 cm³/mol. The molecule has 2 heterocycles. The molecule has 98 valence electrons. The van der Waals surface area contributed by atoms with Crippen molar-refractivity contribution in [3.63, 3.8) is 0 Å². The first-order valence-corrected chi connectivity index (χ1v) is 6.25. The van der Waals surface area contributed by atoms with Gasteiger partial charge in [-0.3, -0.25) is 4.79 Å². The van der Waals surface area contributed by atoms with Crippen molar-refractivity contribution < 1.29 is 9.32 Å². The quantitative estimate of drug-likeness (QED) is 0.874. The average molecular weight is 257 g/mol. The van der Waals surface area contributed by atoms with Crippen LogP contribution in [-0.4, -0.2) is 11.1 Å². The number of carbonyl (C=O) groups excluding carboxylic acids is 1. The van der Waals surface area contributed by atoms with Crippen molar-refractivity contribution in [1.29, 1.82) is 0 Å². The number of nitrogens with one attached hydrogen (secondary N) is 2. The van der Waals surface area contributed by atoms with E-state index in [0.717, 1.165) is 18.7 Å². The first kappa shape index (κ1) is 11.9. The van der Waals surface area contributed by atoms with Gasteiger partial charge in [0.15, 0.2) is 0 Å². The van der Waals surface area contributed by atoms with Crippen molar-refractivity contribution in [3.05, 3.63) is 52.4 Å². The summed E-state index contributed by atoms with van der Waals surface area (Å²) in [6.07, 6.45) is 1.44. The van der Waals surface area contributed by atoms with Crippen LogP contribution in [0.15, 0.2) is 28.9 Å². The number of nitrogens with zero attached hydrogens (tertiary/aromatic N) is 1. The van der Waals surface area contributed by atoms with Crippen LogP contribution in [0.5, 0.6) is 0 Å². The van der Waals surface area contributed by atoms with Crippen LogP contribution in [0, 0.1) is 6.92 Å². The molecule has 1 aromatic heterocycles. The van der Waals surface area contributed by atoms with Crippen LogP contribution in [0.25, 0.3) is 0 Å². The molecule has 0 unspecified atom stereocenters. The van der Waals surface area contributed by atoms with E-state index in [0.29, 0.717) is 17.9 Å². The van der Waals surface area contributed by atoms with Gasteiger partial charge < -0.3 is 15.2 Å². The molecule has 3 rings (SSSR count). The minimum Gasteiger partial charge on any atom is -0.361 e. The van der Waals surface area contributed by atoms with Crippen LogP contribution in [0.3, 0.4) is 0 Å². The lowest BCUT2D eigenvalue weighted by Crippen LogP contribution is -2.23. The lowest BCUT2D eigenvalue weighted by molar-refractivity contribution is 0.0949. The molecule has 19 heavy (non-hydrogen) atoms. The molecule has 1 aliphatic heterocycles. The van der Waals surface area contributed by atoms with Gasteiger partial charge in [-0.25, -0.2) is 0 Å². The second kappa shape index (κ2) is 4.85. The first-order valence-electron chi connectivity index (χ1n) is 6.25. The van der Waals surface area contributed by atoms with Crippen molar-refractivity contribution in [1.82, 2.24) is 15.8 Å². The summed E-state index contributed by atoms with van der Waals surface area (Å²) >= 11 is 0. The molecule has 2 N–H and O–H groups in total. The van der Waals surface area contributed by atoms with Crippen molar-refractivity contribution in [2.75, 3.05) is 0 Å². The maximum atomic E-state index is 11.9. The number of carbonyl (C=O) groups is 1. The van der Waals surface area contributed by atoms with E-state index in [-0.39, 0.29) is 5.91 Å². The molecule has 5 nitrogen and oxygen atoms in total. The van der Waals surface area contributed by atoms with Gasteiger partial charge in [0.2, 0.25) is 0 Å². The smallest absolute Gasteiger partial charge is 0.256 e. The second-order valence-electron chi connectivity index (χ2n) is 4.68. The maximum Gasteiger partial charge on any atom is 0.256 e. The summed E-state index contributed by atoms with van der Waals surface area (Å²) < 4.78 is 4.88. The van der Waals surface area contributed by atoms with Crippen molar-refractivity contribution in [2.45, 2.75) is 26.6 Å². The van der Waals surface area contributed by atoms with Gasteiger partial charge in [-0.1, -0.05) is 23.4 Å². The number of fused-ring (bicyclic) bond motifs is 1. The lowest BCUT2D eigenvalue weighted by Gasteiger charge is -2.06. The van der Waals surface area contributed by atoms with E-state index in [1.165, 1.54) is 17.3 Å². The molecule has 0 atom stereocenters. The minimum atomic E-state index is -0.155. The Morgan fingerprint density at radius 1 is 1.42 bits per heavy atom. The molecule has 1 aromatic carbocycles. The molecule has 0 bridgehead atoms. The summed E-state index contributed by atoms with van der Waals surface area (Å²) in [5, 5.41) is 9.78. The highest BCUT2D eigenvalue weighted by atomic mass is 16.5. The summed E-state index contributed by atoms with van der Waals surface area (Å²) in [5.74, 6) is 0.382. The Labute approximate surface area is 111 Å². The lowest BCUT2D eigenvalue weighted by atomic mass is 10.1. The van der Waals surface area contributed by atoms with Crippen LogP contribution >= 0.6 is 0 Å². The van der Waals surface area contributed by atoms with E-state index in [9.17, 15) is 4.79 Å². The second-order valence-corrected chi connectivity index (χ2v) is 4.68. The number of amides is 1. The molecule has 0 aliphatic carbocycles. The zero-order valence-corrected chi connectivity index (χ0v) is 10.7. The molecular weight excluding hydrogens is 242 g/mol. The number of rotatable bonds is 3. The van der Waals surface area contributed by atoms with Gasteiger partial charge in [-0.2, -0.15) is 0 Å². The van der Waals surface area contributed by atoms with E-state index in [1.54, 1.807) is 6.92 Å². The highest BCUT2D eigenvalue weighted by Gasteiger charge is 2.13. The molecule has 1 aliphatic rings. The fourth-order valence-electron chi connectivity index (χ4n) is 2.25. The predicted octanol–water partition coefficient (Wildman–Crippen LogP) is 1.52. The highest BCUT2D eigenvalue weighted by Crippen LogP contribution is 2.17. The standard InChI is InChI=1S/C14H15N3O2/c1-9-13(8-17-19-9)14(18)16-5-10-2-3-11-6-15-7-12(11)4-10/h2-4,8,15H,5-7H2,1H3,(H,16,18). The summed E-state index contributed by atoms with van der Waals surface area (Å²) in [5.41, 5.74) is 4.24. The Morgan fingerprint density at radius 3 is 3.05 bits per heavy atom. The number of hydrogen-bond donors (Lipinski definition) is 2. The van der Waals surface area contributed by atoms with E-state index >= 15 is 0 Å². The molecule has 5 heteroatoms. The summed E-state index contributed by atoms with van der Waals surface area (Å²) in [6.45, 7) is 4.07. The number of hydrogen-bond acceptors (Lipinski definition) is 4. The van der Waals surface area contributed by atoms with Crippen LogP contribution in [-0.2, 0) is 19.6 Å². The van der Waals surface area contributed by atoms with Crippen LogP contribution in [0.4, 0.5) is 0 Å². The Hall–Kier alpha value is -2.14. The van der Waals surface area contributed by atoms with Gasteiger partial charge >= 0.3 is 0 Å². The molecule has 0 spiro atoms. The highest BCUT2D eigenvalue weighted by molar-refractivity contribution is 5.94. The Balaban J connectivity index is 1.66. The van der Waals surface area contributed by atoms with Crippen LogP contribution < -0.4 is 10.6 Å². The van der Waals surface area contributed by atoms with E-state index in [1.807, 2.05) is 6.07 Å². The molecule has 0 fully saturated rings. The summed E-state index contributed by atoms with van der Waals surface area (Å²) in [4.78, 5) is 11.9. The van der Waals surface area contributed by atoms with E-state index < -0.39 is 0 Å². The molecule has 0 radical (unpaired) electrons. The Morgan fingerprint density at radius 2 is 2.26 bits per heavy atom. The SMILES string of the molecule is Cc1oncc1C(=O)NCc1ccc2c(c1)CNC2. The van der Waals surface area contributed by atoms with Crippen LogP contribution in [0.1, 0.15) is 32.8 Å². The van der Waals surface area contributed by atoms with Crippen molar-refractivity contribution in [2.24, 2.45) is 0 Å². The zero-order chi connectivity index (χ0) is 13.2.